The molecule has 4 rings (SSSR count). The van der Waals surface area contributed by atoms with Gasteiger partial charge in [-0.2, -0.15) is 4.98 Å². The van der Waals surface area contributed by atoms with E-state index in [1.54, 1.807) is 0 Å². The number of anilines is 3. The van der Waals surface area contributed by atoms with E-state index in [-0.39, 0.29) is 17.8 Å². The SMILES string of the molecule is CCc1nc(N)nc(N)c1-c1ccc(NC(=O)C2Cc3ccccc3C2)cc1. The molecule has 0 saturated carbocycles. The van der Waals surface area contributed by atoms with Gasteiger partial charge in [-0.25, -0.2) is 4.98 Å². The van der Waals surface area contributed by atoms with Gasteiger partial charge in [-0.3, -0.25) is 4.79 Å². The van der Waals surface area contributed by atoms with Gasteiger partial charge in [0, 0.05) is 17.2 Å². The Balaban J connectivity index is 1.50. The lowest BCUT2D eigenvalue weighted by Gasteiger charge is -2.13. The zero-order chi connectivity index (χ0) is 19.7. The summed E-state index contributed by atoms with van der Waals surface area (Å²) in [7, 11) is 0. The summed E-state index contributed by atoms with van der Waals surface area (Å²) in [5.41, 5.74) is 17.6. The summed E-state index contributed by atoms with van der Waals surface area (Å²) in [5, 5.41) is 3.03. The summed E-state index contributed by atoms with van der Waals surface area (Å²) >= 11 is 0. The maximum Gasteiger partial charge on any atom is 0.228 e. The number of hydrogen-bond donors (Lipinski definition) is 3. The first-order chi connectivity index (χ1) is 13.5. The summed E-state index contributed by atoms with van der Waals surface area (Å²) in [6, 6.07) is 15.8. The molecule has 142 valence electrons. The van der Waals surface area contributed by atoms with Crippen molar-refractivity contribution in [2.75, 3.05) is 16.8 Å². The van der Waals surface area contributed by atoms with Crippen molar-refractivity contribution in [3.63, 3.8) is 0 Å². The van der Waals surface area contributed by atoms with E-state index in [9.17, 15) is 4.79 Å². The number of nitrogens with two attached hydrogens (primary N) is 2. The number of nitrogen functional groups attached to an aromatic ring is 2. The molecular weight excluding hydrogens is 350 g/mol. The molecule has 0 fully saturated rings. The number of fused-ring (bicyclic) bond motifs is 1. The van der Waals surface area contributed by atoms with Crippen LogP contribution < -0.4 is 16.8 Å². The Hall–Kier alpha value is -3.41. The summed E-state index contributed by atoms with van der Waals surface area (Å²) in [5.74, 6) is 0.572. The third kappa shape index (κ3) is 3.41. The highest BCUT2D eigenvalue weighted by atomic mass is 16.1. The summed E-state index contributed by atoms with van der Waals surface area (Å²) in [4.78, 5) is 21.0. The van der Waals surface area contributed by atoms with Crippen LogP contribution >= 0.6 is 0 Å². The van der Waals surface area contributed by atoms with E-state index in [0.717, 1.165) is 35.3 Å². The number of aromatic nitrogens is 2. The molecule has 1 aliphatic carbocycles. The second-order valence-electron chi connectivity index (χ2n) is 7.08. The predicted molar refractivity (Wildman–Crippen MR) is 112 cm³/mol. The molecule has 1 heterocycles. The molecule has 5 N–H and O–H groups in total. The molecule has 6 nitrogen and oxygen atoms in total. The number of hydrogen-bond acceptors (Lipinski definition) is 5. The number of benzene rings is 2. The van der Waals surface area contributed by atoms with Crippen LogP contribution in [0.3, 0.4) is 0 Å². The number of amides is 1. The monoisotopic (exact) mass is 373 g/mol. The van der Waals surface area contributed by atoms with Crippen molar-refractivity contribution in [1.82, 2.24) is 9.97 Å². The zero-order valence-electron chi connectivity index (χ0n) is 15.8. The minimum absolute atomic E-state index is 0.0232. The number of carbonyl (C=O) groups excluding carboxylic acids is 1. The molecule has 0 spiro atoms. The lowest BCUT2D eigenvalue weighted by atomic mass is 10.0. The van der Waals surface area contributed by atoms with Gasteiger partial charge in [0.15, 0.2) is 0 Å². The first-order valence-corrected chi connectivity index (χ1v) is 9.45. The molecule has 0 atom stereocenters. The van der Waals surface area contributed by atoms with Crippen LogP contribution in [0.5, 0.6) is 0 Å². The summed E-state index contributed by atoms with van der Waals surface area (Å²) in [6.45, 7) is 2.00. The molecule has 0 saturated heterocycles. The quantitative estimate of drug-likeness (QED) is 0.651. The maximum atomic E-state index is 12.7. The van der Waals surface area contributed by atoms with E-state index < -0.39 is 0 Å². The fourth-order valence-electron chi connectivity index (χ4n) is 3.83. The van der Waals surface area contributed by atoms with Crippen LogP contribution in [0.25, 0.3) is 11.1 Å². The van der Waals surface area contributed by atoms with Crippen molar-refractivity contribution >= 4 is 23.4 Å². The van der Waals surface area contributed by atoms with Gasteiger partial charge in [-0.1, -0.05) is 43.3 Å². The lowest BCUT2D eigenvalue weighted by Crippen LogP contribution is -2.23. The van der Waals surface area contributed by atoms with Gasteiger partial charge in [0.1, 0.15) is 5.82 Å². The highest BCUT2D eigenvalue weighted by Gasteiger charge is 2.27. The van der Waals surface area contributed by atoms with E-state index in [4.69, 9.17) is 11.5 Å². The zero-order valence-corrected chi connectivity index (χ0v) is 15.8. The van der Waals surface area contributed by atoms with Gasteiger partial charge in [0.25, 0.3) is 0 Å². The molecule has 1 aromatic heterocycles. The molecule has 0 radical (unpaired) electrons. The van der Waals surface area contributed by atoms with Crippen molar-refractivity contribution in [3.05, 3.63) is 65.4 Å². The van der Waals surface area contributed by atoms with Crippen molar-refractivity contribution in [3.8, 4) is 11.1 Å². The number of aryl methyl sites for hydroxylation is 1. The first-order valence-electron chi connectivity index (χ1n) is 9.45. The van der Waals surface area contributed by atoms with E-state index >= 15 is 0 Å². The van der Waals surface area contributed by atoms with Gasteiger partial charge in [-0.15, -0.1) is 0 Å². The number of nitrogens with zero attached hydrogens (tertiary/aromatic N) is 2. The highest BCUT2D eigenvalue weighted by molar-refractivity contribution is 5.93. The number of nitrogens with one attached hydrogen (secondary N) is 1. The van der Waals surface area contributed by atoms with E-state index in [2.05, 4.69) is 27.4 Å². The maximum absolute atomic E-state index is 12.7. The molecule has 0 unspecified atom stereocenters. The Morgan fingerprint density at radius 1 is 1.04 bits per heavy atom. The van der Waals surface area contributed by atoms with E-state index in [1.165, 1.54) is 11.1 Å². The van der Waals surface area contributed by atoms with Gasteiger partial charge in [0.2, 0.25) is 11.9 Å². The minimum Gasteiger partial charge on any atom is -0.383 e. The Kier molecular flexibility index (Phi) is 4.69. The van der Waals surface area contributed by atoms with Gasteiger partial charge < -0.3 is 16.8 Å². The average Bonchev–Trinajstić information content (AvgIpc) is 3.13. The van der Waals surface area contributed by atoms with Crippen molar-refractivity contribution in [1.29, 1.82) is 0 Å². The average molecular weight is 373 g/mol. The van der Waals surface area contributed by atoms with Gasteiger partial charge in [-0.05, 0) is 48.1 Å². The van der Waals surface area contributed by atoms with Crippen LogP contribution in [-0.4, -0.2) is 15.9 Å². The fourth-order valence-corrected chi connectivity index (χ4v) is 3.83. The van der Waals surface area contributed by atoms with Crippen molar-refractivity contribution in [2.45, 2.75) is 26.2 Å². The van der Waals surface area contributed by atoms with Crippen molar-refractivity contribution in [2.24, 2.45) is 5.92 Å². The third-order valence-corrected chi connectivity index (χ3v) is 5.23. The standard InChI is InChI=1S/C22H23N5O/c1-2-18-19(20(23)27-22(24)26-18)13-7-9-17(10-8-13)25-21(28)16-11-14-5-3-4-6-15(14)12-16/h3-10,16H,2,11-12H2,1H3,(H,25,28)(H4,23,24,26,27). The van der Waals surface area contributed by atoms with Crippen LogP contribution in [-0.2, 0) is 24.1 Å². The molecule has 2 aromatic carbocycles. The Morgan fingerprint density at radius 2 is 1.68 bits per heavy atom. The molecular formula is C22H23N5O. The second kappa shape index (κ2) is 7.31. The molecule has 28 heavy (non-hydrogen) atoms. The topological polar surface area (TPSA) is 107 Å². The number of carbonyl (C=O) groups is 1. The van der Waals surface area contributed by atoms with Crippen molar-refractivity contribution < 1.29 is 4.79 Å². The van der Waals surface area contributed by atoms with Gasteiger partial charge in [0.05, 0.1) is 5.69 Å². The van der Waals surface area contributed by atoms with Crippen LogP contribution in [0.4, 0.5) is 17.5 Å². The molecule has 0 aliphatic heterocycles. The predicted octanol–water partition coefficient (Wildman–Crippen LogP) is 3.22. The minimum atomic E-state index is -0.0232. The molecule has 1 amide bonds. The second-order valence-corrected chi connectivity index (χ2v) is 7.08. The Bertz CT molecular complexity index is 1000. The Labute approximate surface area is 164 Å². The summed E-state index contributed by atoms with van der Waals surface area (Å²) < 4.78 is 0. The smallest absolute Gasteiger partial charge is 0.228 e. The van der Waals surface area contributed by atoms with Crippen LogP contribution in [0.1, 0.15) is 23.7 Å². The van der Waals surface area contributed by atoms with Crippen LogP contribution in [0, 0.1) is 5.92 Å². The molecule has 6 heteroatoms. The fraction of sp³-hybridized carbons (Fsp3) is 0.227. The Morgan fingerprint density at radius 3 is 2.29 bits per heavy atom. The van der Waals surface area contributed by atoms with E-state index in [1.807, 2.05) is 43.3 Å². The van der Waals surface area contributed by atoms with Crippen LogP contribution in [0.15, 0.2) is 48.5 Å². The van der Waals surface area contributed by atoms with E-state index in [0.29, 0.717) is 12.2 Å². The summed E-state index contributed by atoms with van der Waals surface area (Å²) in [6.07, 6.45) is 2.28. The molecule has 1 aliphatic rings. The third-order valence-electron chi connectivity index (χ3n) is 5.23. The first kappa shape index (κ1) is 18.0. The normalized spacial score (nSPS) is 13.3. The van der Waals surface area contributed by atoms with Gasteiger partial charge >= 0.3 is 0 Å². The molecule has 3 aromatic rings. The molecule has 0 bridgehead atoms. The van der Waals surface area contributed by atoms with Crippen LogP contribution in [0.2, 0.25) is 0 Å². The number of rotatable bonds is 4. The highest BCUT2D eigenvalue weighted by Crippen LogP contribution is 2.31. The lowest BCUT2D eigenvalue weighted by molar-refractivity contribution is -0.119. The largest absolute Gasteiger partial charge is 0.383 e.